The van der Waals surface area contributed by atoms with E-state index in [0.29, 0.717) is 35.1 Å². The van der Waals surface area contributed by atoms with Crippen molar-refractivity contribution < 1.29 is 27.5 Å². The molecule has 0 radical (unpaired) electrons. The van der Waals surface area contributed by atoms with Gasteiger partial charge in [-0.15, -0.1) is 0 Å². The van der Waals surface area contributed by atoms with Crippen LogP contribution in [-0.4, -0.2) is 66.2 Å². The molecule has 0 unspecified atom stereocenters. The number of halogens is 2. The van der Waals surface area contributed by atoms with Gasteiger partial charge in [-0.25, -0.2) is 8.78 Å². The molecule has 0 spiro atoms. The van der Waals surface area contributed by atoms with E-state index in [1.54, 1.807) is 32.2 Å². The lowest BCUT2D eigenvalue weighted by molar-refractivity contribution is -0.506. The molecule has 2 aliphatic rings. The van der Waals surface area contributed by atoms with Gasteiger partial charge in [0, 0.05) is 17.1 Å². The van der Waals surface area contributed by atoms with E-state index in [1.165, 1.54) is 9.58 Å². The van der Waals surface area contributed by atoms with Crippen LogP contribution >= 0.6 is 0 Å². The fourth-order valence-corrected chi connectivity index (χ4v) is 3.36. The largest absolute Gasteiger partial charge is 0.498 e. The smallest absolute Gasteiger partial charge is 0.407 e. The molecule has 0 saturated carbocycles. The minimum absolute atomic E-state index is 0.261. The summed E-state index contributed by atoms with van der Waals surface area (Å²) in [5.41, 5.74) is -0.00173. The third kappa shape index (κ3) is 4.73. The predicted octanol–water partition coefficient (Wildman–Crippen LogP) is 2.58. The molecule has 3 rings (SSSR count). The molecule has 2 aliphatic heterocycles. The molecule has 0 aliphatic carbocycles. The third-order valence-corrected chi connectivity index (χ3v) is 5.92. The van der Waals surface area contributed by atoms with Crippen molar-refractivity contribution in [3.8, 4) is 11.8 Å². The van der Waals surface area contributed by atoms with Crippen molar-refractivity contribution in [1.82, 2.24) is 4.90 Å². The van der Waals surface area contributed by atoms with Crippen LogP contribution in [-0.2, 0) is 9.31 Å². The number of alkyl halides is 2. The fraction of sp³-hybridized carbons (Fsp3) is 0.571. The average molecular weight is 433 g/mol. The van der Waals surface area contributed by atoms with Crippen molar-refractivity contribution >= 4 is 24.3 Å². The molecule has 0 aromatic heterocycles. The van der Waals surface area contributed by atoms with Crippen molar-refractivity contribution in [2.45, 2.75) is 58.7 Å². The van der Waals surface area contributed by atoms with Gasteiger partial charge in [0.05, 0.1) is 29.4 Å². The summed E-state index contributed by atoms with van der Waals surface area (Å²) < 4.78 is 45.8. The van der Waals surface area contributed by atoms with Crippen LogP contribution in [0.1, 0.15) is 46.6 Å². The number of benzene rings is 1. The first kappa shape index (κ1) is 23.2. The van der Waals surface area contributed by atoms with Crippen LogP contribution in [0, 0.1) is 11.3 Å². The van der Waals surface area contributed by atoms with Crippen LogP contribution in [0.4, 0.5) is 8.78 Å². The normalized spacial score (nSPS) is 19.6. The van der Waals surface area contributed by atoms with E-state index in [-0.39, 0.29) is 13.0 Å². The summed E-state index contributed by atoms with van der Waals surface area (Å²) >= 11 is 0. The topological polar surface area (TPSA) is 70.1 Å². The van der Waals surface area contributed by atoms with E-state index >= 15 is 0 Å². The summed E-state index contributed by atoms with van der Waals surface area (Å²) in [4.78, 5) is 1.53. The first-order chi connectivity index (χ1) is 14.5. The molecular weight excluding hydrogens is 405 g/mol. The lowest BCUT2D eigenvalue weighted by Gasteiger charge is -2.32. The molecule has 0 bridgehead atoms. The lowest BCUT2D eigenvalue weighted by Crippen LogP contribution is -2.41. The standard InChI is InChI=1S/C21H28BF2N4O3/c1-7-28(13-17(23)24)18-11-19(27(6)26-18)29-16-10-14(12-25)8-9-15(16)22-30-20(2,3)21(4,5)31-22/h8-10,17H,7,11,13H2,1-6H3/q+1. The molecule has 10 heteroatoms. The van der Waals surface area contributed by atoms with Gasteiger partial charge >= 0.3 is 13.0 Å². The van der Waals surface area contributed by atoms with Crippen LogP contribution in [0.3, 0.4) is 0 Å². The summed E-state index contributed by atoms with van der Waals surface area (Å²) in [5, 5.41) is 13.7. The summed E-state index contributed by atoms with van der Waals surface area (Å²) in [5.74, 6) is 1.39. The zero-order valence-corrected chi connectivity index (χ0v) is 18.8. The molecule has 0 N–H and O–H groups in total. The summed E-state index contributed by atoms with van der Waals surface area (Å²) in [6, 6.07) is 7.16. The Morgan fingerprint density at radius 1 is 1.29 bits per heavy atom. The van der Waals surface area contributed by atoms with Crippen LogP contribution in [0.2, 0.25) is 0 Å². The van der Waals surface area contributed by atoms with E-state index < -0.39 is 24.7 Å². The number of rotatable bonds is 5. The quantitative estimate of drug-likeness (QED) is 0.528. The van der Waals surface area contributed by atoms with Crippen molar-refractivity contribution in [3.05, 3.63) is 23.8 Å². The number of hydrazone groups is 1. The van der Waals surface area contributed by atoms with Gasteiger partial charge in [0.25, 0.3) is 6.43 Å². The number of ether oxygens (including phenoxy) is 1. The number of hydrogen-bond donors (Lipinski definition) is 0. The van der Waals surface area contributed by atoms with Gasteiger partial charge in [-0.3, -0.25) is 0 Å². The van der Waals surface area contributed by atoms with Gasteiger partial charge in [0.1, 0.15) is 12.2 Å². The second-order valence-corrected chi connectivity index (χ2v) is 8.59. The Morgan fingerprint density at radius 2 is 1.94 bits per heavy atom. The molecule has 0 atom stereocenters. The number of nitriles is 1. The SMILES string of the molecule is CCN(CC(F)F)C1=N[N+](C)=C(Oc2cc(C#N)ccc2B2OC(C)(C)C(C)(C)O2)C1. The Bertz CT molecular complexity index is 940. The Labute approximate surface area is 182 Å². The van der Waals surface area contributed by atoms with Gasteiger partial charge in [-0.2, -0.15) is 5.26 Å². The Balaban J connectivity index is 1.86. The second-order valence-electron chi connectivity index (χ2n) is 8.59. The van der Waals surface area contributed by atoms with Crippen molar-refractivity contribution in [3.63, 3.8) is 0 Å². The average Bonchev–Trinajstić information content (AvgIpc) is 3.15. The lowest BCUT2D eigenvalue weighted by atomic mass is 9.78. The van der Waals surface area contributed by atoms with Gasteiger partial charge in [-0.05, 0) is 46.8 Å². The Kier molecular flexibility index (Phi) is 6.39. The number of nitrogens with zero attached hydrogens (tertiary/aromatic N) is 4. The zero-order chi connectivity index (χ0) is 23.0. The molecule has 31 heavy (non-hydrogen) atoms. The first-order valence-electron chi connectivity index (χ1n) is 10.2. The highest BCUT2D eigenvalue weighted by atomic mass is 19.3. The zero-order valence-electron chi connectivity index (χ0n) is 18.8. The number of amidine groups is 1. The predicted molar refractivity (Wildman–Crippen MR) is 114 cm³/mol. The molecule has 7 nitrogen and oxygen atoms in total. The maximum atomic E-state index is 12.9. The van der Waals surface area contributed by atoms with Crippen LogP contribution in [0.15, 0.2) is 23.3 Å². The third-order valence-electron chi connectivity index (χ3n) is 5.92. The van der Waals surface area contributed by atoms with Gasteiger partial charge in [0.2, 0.25) is 0 Å². The Hall–Kier alpha value is -2.51. The summed E-state index contributed by atoms with van der Waals surface area (Å²) in [7, 11) is 1.02. The van der Waals surface area contributed by atoms with Crippen molar-refractivity contribution in [2.24, 2.45) is 5.10 Å². The molecule has 0 amide bonds. The fourth-order valence-electron chi connectivity index (χ4n) is 3.36. The monoisotopic (exact) mass is 433 g/mol. The highest BCUT2D eigenvalue weighted by molar-refractivity contribution is 6.63. The molecular formula is C21H28BF2N4O3+. The van der Waals surface area contributed by atoms with Crippen molar-refractivity contribution in [1.29, 1.82) is 5.26 Å². The molecule has 1 fully saturated rings. The maximum Gasteiger partial charge on any atom is 0.498 e. The minimum atomic E-state index is -2.46. The van der Waals surface area contributed by atoms with Crippen LogP contribution in [0.5, 0.6) is 5.75 Å². The summed E-state index contributed by atoms with van der Waals surface area (Å²) in [6.45, 7) is 9.65. The first-order valence-corrected chi connectivity index (χ1v) is 10.2. The van der Waals surface area contributed by atoms with Crippen molar-refractivity contribution in [2.75, 3.05) is 20.1 Å². The van der Waals surface area contributed by atoms with E-state index in [9.17, 15) is 14.0 Å². The van der Waals surface area contributed by atoms with Crippen LogP contribution in [0.25, 0.3) is 0 Å². The molecule has 166 valence electrons. The molecule has 1 aromatic rings. The van der Waals surface area contributed by atoms with Gasteiger partial charge < -0.3 is 18.9 Å². The molecule has 1 aromatic carbocycles. The maximum absolute atomic E-state index is 12.9. The summed E-state index contributed by atoms with van der Waals surface area (Å²) in [6.07, 6.45) is -2.20. The van der Waals surface area contributed by atoms with Gasteiger partial charge in [-0.1, -0.05) is 10.8 Å². The van der Waals surface area contributed by atoms with Gasteiger partial charge in [0.15, 0.2) is 12.9 Å². The van der Waals surface area contributed by atoms with E-state index in [0.717, 1.165) is 0 Å². The van der Waals surface area contributed by atoms with E-state index in [1.807, 2.05) is 27.7 Å². The van der Waals surface area contributed by atoms with E-state index in [2.05, 4.69) is 11.2 Å². The minimum Gasteiger partial charge on any atom is -0.407 e. The number of hydrogen-bond acceptors (Lipinski definition) is 6. The Morgan fingerprint density at radius 3 is 2.48 bits per heavy atom. The van der Waals surface area contributed by atoms with Crippen LogP contribution < -0.4 is 10.2 Å². The molecule has 1 saturated heterocycles. The van der Waals surface area contributed by atoms with E-state index in [4.69, 9.17) is 14.0 Å². The highest BCUT2D eigenvalue weighted by Crippen LogP contribution is 2.37. The molecule has 2 heterocycles. The highest BCUT2D eigenvalue weighted by Gasteiger charge is 2.52. The second kappa shape index (κ2) is 8.56.